The number of hydrogen-bond acceptors (Lipinski definition) is 3. The monoisotopic (exact) mass is 199 g/mol. The van der Waals surface area contributed by atoms with Crippen molar-refractivity contribution >= 4 is 0 Å². The maximum atomic E-state index is 13.4. The van der Waals surface area contributed by atoms with Gasteiger partial charge in [0, 0.05) is 17.7 Å². The van der Waals surface area contributed by atoms with E-state index in [1.54, 1.807) is 13.0 Å². The molecule has 0 fully saturated rings. The van der Waals surface area contributed by atoms with Crippen LogP contribution in [0.3, 0.4) is 0 Å². The molecule has 1 rings (SSSR count). The van der Waals surface area contributed by atoms with Crippen molar-refractivity contribution in [2.45, 2.75) is 19.1 Å². The summed E-state index contributed by atoms with van der Waals surface area (Å²) in [5.74, 6) is -0.0859. The first-order chi connectivity index (χ1) is 6.56. The van der Waals surface area contributed by atoms with E-state index in [0.717, 1.165) is 0 Å². The van der Waals surface area contributed by atoms with Gasteiger partial charge in [0.2, 0.25) is 0 Å². The van der Waals surface area contributed by atoms with Crippen LogP contribution < -0.4 is 10.5 Å². The highest BCUT2D eigenvalue weighted by molar-refractivity contribution is 5.30. The van der Waals surface area contributed by atoms with Gasteiger partial charge in [-0.1, -0.05) is 0 Å². The third-order valence-corrected chi connectivity index (χ3v) is 2.02. The molecule has 3 N–H and O–H groups in total. The molecule has 0 aromatic heterocycles. The predicted molar refractivity (Wildman–Crippen MR) is 51.6 cm³/mol. The smallest absolute Gasteiger partial charge is 0.132 e. The number of aliphatic hydroxyl groups excluding tert-OH is 1. The zero-order valence-electron chi connectivity index (χ0n) is 8.20. The Hall–Kier alpha value is -1.13. The Morgan fingerprint density at radius 3 is 2.57 bits per heavy atom. The number of rotatable bonds is 3. The molecule has 0 aliphatic rings. The molecular weight excluding hydrogens is 185 g/mol. The third kappa shape index (κ3) is 2.21. The average molecular weight is 199 g/mol. The minimum atomic E-state index is -0.985. The number of aliphatic hydroxyl groups is 1. The van der Waals surface area contributed by atoms with Crippen molar-refractivity contribution in [3.05, 3.63) is 29.6 Å². The first-order valence-corrected chi connectivity index (χ1v) is 4.33. The maximum absolute atomic E-state index is 13.4. The Morgan fingerprint density at radius 2 is 2.14 bits per heavy atom. The van der Waals surface area contributed by atoms with Gasteiger partial charge in [0.1, 0.15) is 11.6 Å². The molecule has 0 spiro atoms. The van der Waals surface area contributed by atoms with Crippen LogP contribution in [0.1, 0.15) is 18.6 Å². The Morgan fingerprint density at radius 1 is 1.50 bits per heavy atom. The van der Waals surface area contributed by atoms with Crippen molar-refractivity contribution < 1.29 is 14.2 Å². The third-order valence-electron chi connectivity index (χ3n) is 2.02. The molecular formula is C10H14FNO2. The van der Waals surface area contributed by atoms with E-state index < -0.39 is 18.0 Å². The summed E-state index contributed by atoms with van der Waals surface area (Å²) in [7, 11) is 1.45. The van der Waals surface area contributed by atoms with Gasteiger partial charge < -0.3 is 15.6 Å². The fourth-order valence-corrected chi connectivity index (χ4v) is 1.16. The van der Waals surface area contributed by atoms with E-state index in [0.29, 0.717) is 5.75 Å². The van der Waals surface area contributed by atoms with E-state index in [2.05, 4.69) is 0 Å². The van der Waals surface area contributed by atoms with Crippen LogP contribution in [0.2, 0.25) is 0 Å². The van der Waals surface area contributed by atoms with E-state index in [4.69, 9.17) is 10.5 Å². The highest BCUT2D eigenvalue weighted by Crippen LogP contribution is 2.23. The SMILES string of the molecule is COc1ccc(C(O)[C@@H](C)N)c(F)c1. The fourth-order valence-electron chi connectivity index (χ4n) is 1.16. The standard InChI is InChI=1S/C10H14FNO2/c1-6(12)10(13)8-4-3-7(14-2)5-9(8)11/h3-6,10,13H,12H2,1-2H3/t6-,10?/m1/s1. The van der Waals surface area contributed by atoms with Crippen molar-refractivity contribution in [1.29, 1.82) is 0 Å². The summed E-state index contributed by atoms with van der Waals surface area (Å²) in [5, 5.41) is 9.54. The lowest BCUT2D eigenvalue weighted by Crippen LogP contribution is -2.25. The minimum absolute atomic E-state index is 0.195. The molecule has 0 saturated heterocycles. The van der Waals surface area contributed by atoms with Crippen molar-refractivity contribution in [2.24, 2.45) is 5.73 Å². The number of benzene rings is 1. The zero-order chi connectivity index (χ0) is 10.7. The molecule has 0 aliphatic heterocycles. The normalized spacial score (nSPS) is 14.9. The second-order valence-corrected chi connectivity index (χ2v) is 3.19. The molecule has 0 heterocycles. The summed E-state index contributed by atoms with van der Waals surface area (Å²) >= 11 is 0. The molecule has 4 heteroatoms. The van der Waals surface area contributed by atoms with Gasteiger partial charge in [-0.25, -0.2) is 4.39 Å². The van der Waals surface area contributed by atoms with Gasteiger partial charge in [0.05, 0.1) is 13.2 Å². The number of halogens is 1. The molecule has 0 amide bonds. The Kier molecular flexibility index (Phi) is 3.43. The van der Waals surface area contributed by atoms with E-state index in [1.807, 2.05) is 0 Å². The van der Waals surface area contributed by atoms with E-state index in [1.165, 1.54) is 19.2 Å². The van der Waals surface area contributed by atoms with Crippen molar-refractivity contribution in [1.82, 2.24) is 0 Å². The molecule has 0 bridgehead atoms. The van der Waals surface area contributed by atoms with E-state index in [9.17, 15) is 9.50 Å². The molecule has 0 aliphatic carbocycles. The zero-order valence-corrected chi connectivity index (χ0v) is 8.20. The summed E-state index contributed by atoms with van der Waals surface area (Å²) in [5.41, 5.74) is 5.65. The van der Waals surface area contributed by atoms with Crippen LogP contribution in [0.25, 0.3) is 0 Å². The Balaban J connectivity index is 2.99. The van der Waals surface area contributed by atoms with Crippen molar-refractivity contribution in [3.8, 4) is 5.75 Å². The molecule has 1 unspecified atom stereocenters. The summed E-state index contributed by atoms with van der Waals surface area (Å²) in [6.07, 6.45) is -0.985. The minimum Gasteiger partial charge on any atom is -0.497 e. The first-order valence-electron chi connectivity index (χ1n) is 4.33. The molecule has 0 radical (unpaired) electrons. The van der Waals surface area contributed by atoms with Crippen molar-refractivity contribution in [2.75, 3.05) is 7.11 Å². The lowest BCUT2D eigenvalue weighted by atomic mass is 10.0. The average Bonchev–Trinajstić information content (AvgIpc) is 2.16. The van der Waals surface area contributed by atoms with Crippen LogP contribution in [0.4, 0.5) is 4.39 Å². The first kappa shape index (κ1) is 10.9. The molecule has 14 heavy (non-hydrogen) atoms. The fraction of sp³-hybridized carbons (Fsp3) is 0.400. The van der Waals surface area contributed by atoms with Crippen LogP contribution in [-0.2, 0) is 0 Å². The largest absolute Gasteiger partial charge is 0.497 e. The number of ether oxygens (including phenoxy) is 1. The Bertz CT molecular complexity index is 315. The summed E-state index contributed by atoms with van der Waals surface area (Å²) in [4.78, 5) is 0. The van der Waals surface area contributed by atoms with Crippen LogP contribution in [-0.4, -0.2) is 18.3 Å². The van der Waals surface area contributed by atoms with Gasteiger partial charge in [-0.15, -0.1) is 0 Å². The second-order valence-electron chi connectivity index (χ2n) is 3.19. The molecule has 0 saturated carbocycles. The molecule has 1 aromatic carbocycles. The summed E-state index contributed by atoms with van der Waals surface area (Å²) < 4.78 is 18.2. The van der Waals surface area contributed by atoms with Gasteiger partial charge in [-0.3, -0.25) is 0 Å². The van der Waals surface area contributed by atoms with Gasteiger partial charge in [0.15, 0.2) is 0 Å². The van der Waals surface area contributed by atoms with Crippen LogP contribution in [0.15, 0.2) is 18.2 Å². The van der Waals surface area contributed by atoms with E-state index in [-0.39, 0.29) is 5.56 Å². The number of hydrogen-bond donors (Lipinski definition) is 2. The van der Waals surface area contributed by atoms with Crippen LogP contribution in [0.5, 0.6) is 5.75 Å². The maximum Gasteiger partial charge on any atom is 0.132 e. The number of methoxy groups -OCH3 is 1. The van der Waals surface area contributed by atoms with Gasteiger partial charge in [0.25, 0.3) is 0 Å². The van der Waals surface area contributed by atoms with Gasteiger partial charge in [-0.2, -0.15) is 0 Å². The molecule has 2 atom stereocenters. The van der Waals surface area contributed by atoms with Crippen molar-refractivity contribution in [3.63, 3.8) is 0 Å². The van der Waals surface area contributed by atoms with E-state index >= 15 is 0 Å². The second kappa shape index (κ2) is 4.39. The molecule has 3 nitrogen and oxygen atoms in total. The van der Waals surface area contributed by atoms with Gasteiger partial charge in [-0.05, 0) is 19.1 Å². The van der Waals surface area contributed by atoms with Gasteiger partial charge >= 0.3 is 0 Å². The quantitative estimate of drug-likeness (QED) is 0.769. The lowest BCUT2D eigenvalue weighted by molar-refractivity contribution is 0.149. The lowest BCUT2D eigenvalue weighted by Gasteiger charge is -2.15. The predicted octanol–water partition coefficient (Wildman–Crippen LogP) is 1.21. The highest BCUT2D eigenvalue weighted by atomic mass is 19.1. The molecule has 78 valence electrons. The van der Waals surface area contributed by atoms with Crippen LogP contribution in [0, 0.1) is 5.82 Å². The summed E-state index contributed by atoms with van der Waals surface area (Å²) in [6.45, 7) is 1.62. The van der Waals surface area contributed by atoms with Crippen LogP contribution >= 0.6 is 0 Å². The molecule has 1 aromatic rings. The topological polar surface area (TPSA) is 55.5 Å². The number of nitrogens with two attached hydrogens (primary N) is 1. The Labute approximate surface area is 82.3 Å². The summed E-state index contributed by atoms with van der Waals surface area (Å²) in [6, 6.07) is 3.78. The highest BCUT2D eigenvalue weighted by Gasteiger charge is 2.16.